The lowest BCUT2D eigenvalue weighted by Gasteiger charge is -2.31. The third kappa shape index (κ3) is 3.96. The summed E-state index contributed by atoms with van der Waals surface area (Å²) in [6.45, 7) is 5.62. The molecule has 1 aliphatic heterocycles. The van der Waals surface area contributed by atoms with Gasteiger partial charge in [0.05, 0.1) is 5.01 Å². The highest BCUT2D eigenvalue weighted by Gasteiger charge is 2.26. The maximum absolute atomic E-state index is 12.4. The minimum absolute atomic E-state index is 0.163. The third-order valence-corrected chi connectivity index (χ3v) is 5.04. The van der Waals surface area contributed by atoms with Crippen LogP contribution in [0.2, 0.25) is 0 Å². The average molecular weight is 334 g/mol. The van der Waals surface area contributed by atoms with E-state index in [0.717, 1.165) is 30.9 Å². The van der Waals surface area contributed by atoms with Gasteiger partial charge < -0.3 is 9.32 Å². The summed E-state index contributed by atoms with van der Waals surface area (Å²) in [7, 11) is 0. The Morgan fingerprint density at radius 1 is 1.48 bits per heavy atom. The first-order valence-corrected chi connectivity index (χ1v) is 9.01. The molecule has 23 heavy (non-hydrogen) atoms. The predicted molar refractivity (Wildman–Crippen MR) is 87.4 cm³/mol. The van der Waals surface area contributed by atoms with Gasteiger partial charge in [0, 0.05) is 49.3 Å². The fourth-order valence-electron chi connectivity index (χ4n) is 2.81. The molecule has 0 aliphatic carbocycles. The van der Waals surface area contributed by atoms with Gasteiger partial charge in [-0.25, -0.2) is 4.98 Å². The van der Waals surface area contributed by atoms with Crippen molar-refractivity contribution in [2.24, 2.45) is 0 Å². The van der Waals surface area contributed by atoms with E-state index in [1.54, 1.807) is 11.3 Å². The molecule has 6 nitrogen and oxygen atoms in total. The van der Waals surface area contributed by atoms with Crippen molar-refractivity contribution < 1.29 is 9.21 Å². The zero-order valence-corrected chi connectivity index (χ0v) is 14.4. The largest absolute Gasteiger partial charge is 0.425 e. The molecule has 0 unspecified atom stereocenters. The number of hydrogen-bond acceptors (Lipinski definition) is 6. The van der Waals surface area contributed by atoms with Crippen molar-refractivity contribution >= 4 is 17.2 Å². The van der Waals surface area contributed by atoms with Crippen LogP contribution < -0.4 is 0 Å². The molecule has 0 spiro atoms. The summed E-state index contributed by atoms with van der Waals surface area (Å²) < 4.78 is 5.56. The maximum Gasteiger partial charge on any atom is 0.223 e. The normalized spacial score (nSPS) is 18.6. The lowest BCUT2D eigenvalue weighted by atomic mass is 9.98. The Balaban J connectivity index is 1.53. The first-order chi connectivity index (χ1) is 11.1. The molecule has 2 aromatic rings. The minimum atomic E-state index is 0.163. The highest BCUT2D eigenvalue weighted by Crippen LogP contribution is 2.28. The Bertz CT molecular complexity index is 638. The number of aryl methyl sites for hydroxylation is 1. The highest BCUT2D eigenvalue weighted by molar-refractivity contribution is 7.09. The fourth-order valence-corrected chi connectivity index (χ4v) is 3.58. The monoisotopic (exact) mass is 334 g/mol. The summed E-state index contributed by atoms with van der Waals surface area (Å²) in [6, 6.07) is 0. The molecule has 1 aliphatic rings. The lowest BCUT2D eigenvalue weighted by Crippen LogP contribution is -2.39. The van der Waals surface area contributed by atoms with Crippen molar-refractivity contribution in [3.63, 3.8) is 0 Å². The Hall–Kier alpha value is -1.76. The smallest absolute Gasteiger partial charge is 0.223 e. The molecule has 1 atom stereocenters. The number of nitrogens with zero attached hydrogens (tertiary/aromatic N) is 4. The van der Waals surface area contributed by atoms with Crippen LogP contribution in [0.3, 0.4) is 0 Å². The third-order valence-electron chi connectivity index (χ3n) is 4.10. The van der Waals surface area contributed by atoms with E-state index in [4.69, 9.17) is 4.42 Å². The van der Waals surface area contributed by atoms with Gasteiger partial charge >= 0.3 is 0 Å². The van der Waals surface area contributed by atoms with Gasteiger partial charge in [-0.1, -0.05) is 13.8 Å². The molecule has 0 N–H and O–H groups in total. The van der Waals surface area contributed by atoms with E-state index in [1.807, 2.05) is 30.3 Å². The summed E-state index contributed by atoms with van der Waals surface area (Å²) in [6.07, 6.45) is 4.91. The molecule has 0 saturated carbocycles. The molecule has 124 valence electrons. The highest BCUT2D eigenvalue weighted by atomic mass is 32.1. The molecule has 0 aromatic carbocycles. The van der Waals surface area contributed by atoms with Gasteiger partial charge in [0.25, 0.3) is 0 Å². The molecule has 1 saturated heterocycles. The molecule has 0 radical (unpaired) electrons. The van der Waals surface area contributed by atoms with Gasteiger partial charge in [0.1, 0.15) is 0 Å². The summed E-state index contributed by atoms with van der Waals surface area (Å²) >= 11 is 1.68. The molecule has 1 fully saturated rings. The molecule has 0 bridgehead atoms. The zero-order chi connectivity index (χ0) is 16.2. The van der Waals surface area contributed by atoms with Crippen LogP contribution >= 0.6 is 11.3 Å². The second-order valence-electron chi connectivity index (χ2n) is 6.24. The quantitative estimate of drug-likeness (QED) is 0.840. The molecule has 3 heterocycles. The number of carbonyl (C=O) groups is 1. The summed E-state index contributed by atoms with van der Waals surface area (Å²) in [5.41, 5.74) is 0. The fraction of sp³-hybridized carbons (Fsp3) is 0.625. The molecule has 3 rings (SSSR count). The number of likely N-dealkylation sites (tertiary alicyclic amines) is 1. The van der Waals surface area contributed by atoms with E-state index in [-0.39, 0.29) is 11.8 Å². The molecule has 1 amide bonds. The summed E-state index contributed by atoms with van der Waals surface area (Å²) in [4.78, 5) is 18.8. The van der Waals surface area contributed by atoms with Gasteiger partial charge in [-0.3, -0.25) is 4.79 Å². The van der Waals surface area contributed by atoms with Crippen molar-refractivity contribution in [2.45, 2.75) is 51.4 Å². The van der Waals surface area contributed by atoms with Gasteiger partial charge in [-0.2, -0.15) is 0 Å². The molecular weight excluding hydrogens is 312 g/mol. The second-order valence-corrected chi connectivity index (χ2v) is 7.16. The van der Waals surface area contributed by atoms with Crippen molar-refractivity contribution in [3.05, 3.63) is 28.4 Å². The summed E-state index contributed by atoms with van der Waals surface area (Å²) in [5.74, 6) is 1.94. The standard InChI is InChI=1S/C16H22N4O2S/c1-11(2)15-19-18-13(22-15)5-6-14(21)20-8-3-4-12(10-20)16-17-7-9-23-16/h7,9,11-12H,3-6,8,10H2,1-2H3/t12-/m1/s1. The second kappa shape index (κ2) is 7.21. The van der Waals surface area contributed by atoms with Gasteiger partial charge in [-0.05, 0) is 12.8 Å². The zero-order valence-electron chi connectivity index (χ0n) is 13.6. The number of amides is 1. The van der Waals surface area contributed by atoms with Crippen LogP contribution in [0.1, 0.15) is 61.7 Å². The van der Waals surface area contributed by atoms with Crippen LogP contribution in [0.4, 0.5) is 0 Å². The van der Waals surface area contributed by atoms with Crippen LogP contribution in [0, 0.1) is 0 Å². The van der Waals surface area contributed by atoms with Crippen LogP contribution in [0.15, 0.2) is 16.0 Å². The van der Waals surface area contributed by atoms with Crippen LogP contribution in [-0.2, 0) is 11.2 Å². The van der Waals surface area contributed by atoms with E-state index in [2.05, 4.69) is 15.2 Å². The number of thiazole rings is 1. The first-order valence-electron chi connectivity index (χ1n) is 8.13. The number of hydrogen-bond donors (Lipinski definition) is 0. The Kier molecular flexibility index (Phi) is 5.05. The molecular formula is C16H22N4O2S. The number of rotatable bonds is 5. The van der Waals surface area contributed by atoms with Crippen molar-refractivity contribution in [2.75, 3.05) is 13.1 Å². The Morgan fingerprint density at radius 2 is 2.35 bits per heavy atom. The molecule has 7 heteroatoms. The minimum Gasteiger partial charge on any atom is -0.425 e. The Labute approximate surface area is 139 Å². The maximum atomic E-state index is 12.4. The first kappa shape index (κ1) is 16.1. The number of carbonyl (C=O) groups excluding carboxylic acids is 1. The van der Waals surface area contributed by atoms with Crippen LogP contribution in [-0.4, -0.2) is 39.1 Å². The number of aromatic nitrogens is 3. The van der Waals surface area contributed by atoms with Gasteiger partial charge in [-0.15, -0.1) is 21.5 Å². The van der Waals surface area contributed by atoms with Crippen molar-refractivity contribution in [1.82, 2.24) is 20.1 Å². The predicted octanol–water partition coefficient (Wildman–Crippen LogP) is 2.99. The topological polar surface area (TPSA) is 72.1 Å². The van der Waals surface area contributed by atoms with Crippen LogP contribution in [0.5, 0.6) is 0 Å². The number of piperidine rings is 1. The van der Waals surface area contributed by atoms with E-state index in [1.165, 1.54) is 0 Å². The van der Waals surface area contributed by atoms with E-state index in [0.29, 0.717) is 30.5 Å². The average Bonchev–Trinajstić information content (AvgIpc) is 3.24. The Morgan fingerprint density at radius 3 is 3.04 bits per heavy atom. The van der Waals surface area contributed by atoms with Crippen LogP contribution in [0.25, 0.3) is 0 Å². The SMILES string of the molecule is CC(C)c1nnc(CCC(=O)N2CCC[C@@H](c3nccs3)C2)o1. The van der Waals surface area contributed by atoms with E-state index < -0.39 is 0 Å². The van der Waals surface area contributed by atoms with Crippen molar-refractivity contribution in [3.8, 4) is 0 Å². The molecule has 2 aromatic heterocycles. The lowest BCUT2D eigenvalue weighted by molar-refractivity contribution is -0.132. The van der Waals surface area contributed by atoms with Crippen molar-refractivity contribution in [1.29, 1.82) is 0 Å². The van der Waals surface area contributed by atoms with Gasteiger partial charge in [0.15, 0.2) is 0 Å². The summed E-state index contributed by atoms with van der Waals surface area (Å²) in [5, 5.41) is 11.2. The van der Waals surface area contributed by atoms with Gasteiger partial charge in [0.2, 0.25) is 17.7 Å². The van der Waals surface area contributed by atoms with E-state index >= 15 is 0 Å². The van der Waals surface area contributed by atoms with E-state index in [9.17, 15) is 4.79 Å².